The second-order valence-corrected chi connectivity index (χ2v) is 3.41. The molecule has 0 saturated carbocycles. The smallest absolute Gasteiger partial charge is 0.184 e. The van der Waals surface area contributed by atoms with Crippen LogP contribution in [0.15, 0.2) is 18.3 Å². The van der Waals surface area contributed by atoms with Gasteiger partial charge < -0.3 is 10.1 Å². The van der Waals surface area contributed by atoms with Gasteiger partial charge in [-0.3, -0.25) is 4.98 Å². The van der Waals surface area contributed by atoms with Crippen LogP contribution in [0.2, 0.25) is 0 Å². The van der Waals surface area contributed by atoms with Crippen molar-refractivity contribution in [3.8, 4) is 11.8 Å². The van der Waals surface area contributed by atoms with E-state index >= 15 is 0 Å². The molecule has 4 heteroatoms. The minimum atomic E-state index is -0.388. The molecule has 0 aliphatic heterocycles. The molecule has 0 aliphatic rings. The Labute approximate surface area is 96.3 Å². The number of pyridine rings is 1. The molecule has 0 amide bonds. The molecule has 1 N–H and O–H groups in total. The summed E-state index contributed by atoms with van der Waals surface area (Å²) in [6.07, 6.45) is 1.95. The number of nitrogens with zero attached hydrogens (tertiary/aromatic N) is 2. The summed E-state index contributed by atoms with van der Waals surface area (Å²) in [6, 6.07) is 5.84. The lowest BCUT2D eigenvalue weighted by molar-refractivity contribution is 0.251. The molecule has 1 rings (SSSR count). The van der Waals surface area contributed by atoms with Crippen LogP contribution in [0.1, 0.15) is 26.0 Å². The van der Waals surface area contributed by atoms with Gasteiger partial charge in [-0.15, -0.1) is 0 Å². The summed E-state index contributed by atoms with van der Waals surface area (Å²) in [7, 11) is 0. The van der Waals surface area contributed by atoms with Crippen LogP contribution in [0, 0.1) is 11.3 Å². The van der Waals surface area contributed by atoms with E-state index in [4.69, 9.17) is 10.00 Å². The minimum Gasteiger partial charge on any atom is -0.474 e. The molecule has 4 nitrogen and oxygen atoms in total. The number of rotatable bonds is 6. The van der Waals surface area contributed by atoms with Crippen molar-refractivity contribution in [2.75, 3.05) is 6.54 Å². The summed E-state index contributed by atoms with van der Waals surface area (Å²) in [5, 5.41) is 11.9. The molecule has 1 atom stereocenters. The van der Waals surface area contributed by atoms with Gasteiger partial charge >= 0.3 is 0 Å². The molecule has 0 fully saturated rings. The van der Waals surface area contributed by atoms with E-state index in [0.717, 1.165) is 18.8 Å². The van der Waals surface area contributed by atoms with E-state index in [1.54, 1.807) is 6.20 Å². The Morgan fingerprint density at radius 2 is 2.31 bits per heavy atom. The summed E-state index contributed by atoms with van der Waals surface area (Å²) in [5.74, 6) is 0.647. The van der Waals surface area contributed by atoms with Crippen LogP contribution in [0.25, 0.3) is 0 Å². The average Bonchev–Trinajstić information content (AvgIpc) is 2.35. The maximum absolute atomic E-state index is 8.75. The Morgan fingerprint density at radius 3 is 2.81 bits per heavy atom. The Balaban J connectivity index is 2.54. The fourth-order valence-corrected chi connectivity index (χ4v) is 1.20. The van der Waals surface area contributed by atoms with Gasteiger partial charge in [0.2, 0.25) is 0 Å². The Bertz CT molecular complexity index is 342. The second kappa shape index (κ2) is 6.81. The Kier molecular flexibility index (Phi) is 5.30. The fourth-order valence-electron chi connectivity index (χ4n) is 1.20. The van der Waals surface area contributed by atoms with E-state index in [-0.39, 0.29) is 6.10 Å². The molecule has 1 unspecified atom stereocenters. The van der Waals surface area contributed by atoms with Crippen molar-refractivity contribution >= 4 is 0 Å². The third-order valence-electron chi connectivity index (χ3n) is 2.15. The molecule has 0 saturated heterocycles. The Hall–Kier alpha value is -1.60. The van der Waals surface area contributed by atoms with Crippen LogP contribution < -0.4 is 10.1 Å². The Morgan fingerprint density at radius 1 is 1.50 bits per heavy atom. The molecule has 1 heterocycles. The summed E-state index contributed by atoms with van der Waals surface area (Å²) in [4.78, 5) is 4.24. The van der Waals surface area contributed by atoms with Crippen molar-refractivity contribution in [2.24, 2.45) is 0 Å². The number of nitriles is 1. The third kappa shape index (κ3) is 3.87. The predicted octanol–water partition coefficient (Wildman–Crippen LogP) is 1.87. The van der Waals surface area contributed by atoms with Crippen molar-refractivity contribution in [3.05, 3.63) is 24.0 Å². The monoisotopic (exact) mass is 219 g/mol. The van der Waals surface area contributed by atoms with Crippen molar-refractivity contribution in [1.82, 2.24) is 10.3 Å². The van der Waals surface area contributed by atoms with Gasteiger partial charge in [0, 0.05) is 6.54 Å². The molecule has 0 aromatic carbocycles. The number of nitrogens with one attached hydrogen (secondary N) is 1. The zero-order valence-corrected chi connectivity index (χ0v) is 9.73. The van der Waals surface area contributed by atoms with Gasteiger partial charge in [0.05, 0.1) is 11.9 Å². The van der Waals surface area contributed by atoms with Crippen LogP contribution in [0.3, 0.4) is 0 Å². The molecule has 1 aromatic rings. The first kappa shape index (κ1) is 12.5. The van der Waals surface area contributed by atoms with Crippen LogP contribution in [0.5, 0.6) is 5.75 Å². The molecule has 86 valence electrons. The molecular weight excluding hydrogens is 202 g/mol. The first-order valence-corrected chi connectivity index (χ1v) is 5.52. The van der Waals surface area contributed by atoms with Crippen LogP contribution in [-0.2, 0) is 6.54 Å². The minimum absolute atomic E-state index is 0.388. The highest BCUT2D eigenvalue weighted by molar-refractivity contribution is 5.20. The largest absolute Gasteiger partial charge is 0.474 e. The molecule has 16 heavy (non-hydrogen) atoms. The number of hydrogen-bond acceptors (Lipinski definition) is 4. The van der Waals surface area contributed by atoms with Gasteiger partial charge in [0.1, 0.15) is 11.8 Å². The van der Waals surface area contributed by atoms with Gasteiger partial charge in [0.25, 0.3) is 0 Å². The standard InChI is InChI=1S/C12H17N3O/c1-3-11(7-13)16-12-6-5-10(15-9-12)8-14-4-2/h5-6,9,11,14H,3-4,8H2,1-2H3. The number of hydrogen-bond donors (Lipinski definition) is 1. The maximum atomic E-state index is 8.75. The summed E-state index contributed by atoms with van der Waals surface area (Å²) < 4.78 is 5.43. The second-order valence-electron chi connectivity index (χ2n) is 3.41. The number of ether oxygens (including phenoxy) is 1. The van der Waals surface area contributed by atoms with Gasteiger partial charge in [-0.1, -0.05) is 13.8 Å². The van der Waals surface area contributed by atoms with E-state index in [0.29, 0.717) is 12.2 Å². The highest BCUT2D eigenvalue weighted by Gasteiger charge is 2.05. The summed E-state index contributed by atoms with van der Waals surface area (Å²) in [6.45, 7) is 5.65. The van der Waals surface area contributed by atoms with E-state index in [9.17, 15) is 0 Å². The molecule has 0 aliphatic carbocycles. The lowest BCUT2D eigenvalue weighted by Gasteiger charge is -2.10. The zero-order chi connectivity index (χ0) is 11.8. The summed E-state index contributed by atoms with van der Waals surface area (Å²) in [5.41, 5.74) is 0.971. The molecule has 0 radical (unpaired) electrons. The molecule has 1 aromatic heterocycles. The molecule has 0 bridgehead atoms. The van der Waals surface area contributed by atoms with Crippen molar-refractivity contribution in [1.29, 1.82) is 5.26 Å². The lowest BCUT2D eigenvalue weighted by atomic mass is 10.3. The lowest BCUT2D eigenvalue weighted by Crippen LogP contribution is -2.14. The van der Waals surface area contributed by atoms with E-state index < -0.39 is 0 Å². The maximum Gasteiger partial charge on any atom is 0.184 e. The number of aromatic nitrogens is 1. The highest BCUT2D eigenvalue weighted by Crippen LogP contribution is 2.12. The first-order chi connectivity index (χ1) is 7.80. The van der Waals surface area contributed by atoms with Gasteiger partial charge in [-0.2, -0.15) is 5.26 Å². The van der Waals surface area contributed by atoms with E-state index in [1.807, 2.05) is 19.1 Å². The predicted molar refractivity (Wildman–Crippen MR) is 61.9 cm³/mol. The van der Waals surface area contributed by atoms with Crippen LogP contribution >= 0.6 is 0 Å². The summed E-state index contributed by atoms with van der Waals surface area (Å²) >= 11 is 0. The highest BCUT2D eigenvalue weighted by atomic mass is 16.5. The van der Waals surface area contributed by atoms with E-state index in [2.05, 4.69) is 23.3 Å². The van der Waals surface area contributed by atoms with Crippen molar-refractivity contribution < 1.29 is 4.74 Å². The normalized spacial score (nSPS) is 11.8. The molecule has 0 spiro atoms. The van der Waals surface area contributed by atoms with Gasteiger partial charge in [-0.25, -0.2) is 0 Å². The van der Waals surface area contributed by atoms with Gasteiger partial charge in [-0.05, 0) is 25.1 Å². The molecular formula is C12H17N3O. The topological polar surface area (TPSA) is 57.9 Å². The van der Waals surface area contributed by atoms with E-state index in [1.165, 1.54) is 0 Å². The zero-order valence-electron chi connectivity index (χ0n) is 9.73. The quantitative estimate of drug-likeness (QED) is 0.793. The average molecular weight is 219 g/mol. The SMILES string of the molecule is CCNCc1ccc(OC(C#N)CC)cn1. The third-order valence-corrected chi connectivity index (χ3v) is 2.15. The van der Waals surface area contributed by atoms with Crippen molar-refractivity contribution in [3.63, 3.8) is 0 Å². The van der Waals surface area contributed by atoms with Crippen LogP contribution in [-0.4, -0.2) is 17.6 Å². The fraction of sp³-hybridized carbons (Fsp3) is 0.500. The van der Waals surface area contributed by atoms with Crippen LogP contribution in [0.4, 0.5) is 0 Å². The first-order valence-electron chi connectivity index (χ1n) is 5.52. The van der Waals surface area contributed by atoms with Crippen molar-refractivity contribution in [2.45, 2.75) is 32.9 Å². The van der Waals surface area contributed by atoms with Gasteiger partial charge in [0.15, 0.2) is 6.10 Å².